The second kappa shape index (κ2) is 8.37. The molecule has 0 saturated carbocycles. The van der Waals surface area contributed by atoms with Crippen molar-refractivity contribution in [1.82, 2.24) is 29.6 Å². The van der Waals surface area contributed by atoms with Crippen molar-refractivity contribution in [1.29, 1.82) is 0 Å². The molecule has 178 valence electrons. The van der Waals surface area contributed by atoms with Gasteiger partial charge in [-0.3, -0.25) is 9.78 Å². The van der Waals surface area contributed by atoms with Gasteiger partial charge in [0.1, 0.15) is 5.82 Å². The first-order valence-corrected chi connectivity index (χ1v) is 11.6. The number of pyridine rings is 1. The molecule has 2 bridgehead atoms. The van der Waals surface area contributed by atoms with Crippen LogP contribution in [0.4, 0.5) is 14.6 Å². The summed E-state index contributed by atoms with van der Waals surface area (Å²) in [4.78, 5) is 31.0. The molecule has 35 heavy (non-hydrogen) atoms. The van der Waals surface area contributed by atoms with E-state index >= 15 is 0 Å². The van der Waals surface area contributed by atoms with E-state index in [4.69, 9.17) is 0 Å². The van der Waals surface area contributed by atoms with Crippen LogP contribution in [0.5, 0.6) is 0 Å². The highest BCUT2D eigenvalue weighted by molar-refractivity contribution is 5.96. The van der Waals surface area contributed by atoms with Gasteiger partial charge in [-0.05, 0) is 43.4 Å². The fraction of sp³-hybridized carbons (Fsp3) is 0.320. The molecule has 3 aromatic heterocycles. The molecule has 4 aromatic rings. The molecule has 2 atom stereocenters. The Morgan fingerprint density at radius 2 is 1.74 bits per heavy atom. The van der Waals surface area contributed by atoms with Crippen LogP contribution in [0.3, 0.4) is 0 Å². The zero-order valence-electron chi connectivity index (χ0n) is 19.1. The normalized spacial score (nSPS) is 19.9. The highest BCUT2D eigenvalue weighted by Crippen LogP contribution is 2.32. The average Bonchev–Trinajstić information content (AvgIpc) is 3.38. The van der Waals surface area contributed by atoms with E-state index in [0.29, 0.717) is 54.4 Å². The number of carbonyl (C=O) groups excluding carboxylic acids is 1. The molecule has 2 aliphatic rings. The number of carbonyl (C=O) groups is 1. The Bertz CT molecular complexity index is 1410. The zero-order chi connectivity index (χ0) is 24.1. The van der Waals surface area contributed by atoms with Crippen LogP contribution in [0.15, 0.2) is 48.9 Å². The van der Waals surface area contributed by atoms with Crippen molar-refractivity contribution in [3.63, 3.8) is 0 Å². The van der Waals surface area contributed by atoms with Crippen molar-refractivity contribution in [3.05, 3.63) is 71.9 Å². The SMILES string of the molecule is Cc1ccc(-n2cccn2)c(C(=O)N2CC3CC(C2)CN(c2cnc4cc(F)c(F)cc4n2)C3)n1. The summed E-state index contributed by atoms with van der Waals surface area (Å²) in [6, 6.07) is 7.71. The topological polar surface area (TPSA) is 80.0 Å². The minimum atomic E-state index is -0.937. The van der Waals surface area contributed by atoms with Crippen LogP contribution in [0.25, 0.3) is 16.7 Å². The first-order valence-electron chi connectivity index (χ1n) is 11.6. The maximum absolute atomic E-state index is 13.7. The number of benzene rings is 1. The minimum absolute atomic E-state index is 0.0923. The fourth-order valence-electron chi connectivity index (χ4n) is 5.24. The van der Waals surface area contributed by atoms with Gasteiger partial charge in [-0.15, -0.1) is 0 Å². The number of hydrogen-bond donors (Lipinski definition) is 0. The first-order chi connectivity index (χ1) is 16.9. The summed E-state index contributed by atoms with van der Waals surface area (Å²) >= 11 is 0. The number of fused-ring (bicyclic) bond motifs is 3. The molecule has 6 rings (SSSR count). The third kappa shape index (κ3) is 3.98. The zero-order valence-corrected chi connectivity index (χ0v) is 19.1. The van der Waals surface area contributed by atoms with E-state index in [1.165, 1.54) is 0 Å². The Morgan fingerprint density at radius 1 is 1.00 bits per heavy atom. The fourth-order valence-corrected chi connectivity index (χ4v) is 5.24. The maximum atomic E-state index is 13.7. The second-order valence-electron chi connectivity index (χ2n) is 9.34. The number of aromatic nitrogens is 5. The lowest BCUT2D eigenvalue weighted by atomic mass is 9.84. The largest absolute Gasteiger partial charge is 0.355 e. The number of aryl methyl sites for hydroxylation is 1. The predicted octanol–water partition coefficient (Wildman–Crippen LogP) is 3.40. The van der Waals surface area contributed by atoms with E-state index in [2.05, 4.69) is 25.0 Å². The number of piperidine rings is 2. The first kappa shape index (κ1) is 21.6. The van der Waals surface area contributed by atoms with Gasteiger partial charge < -0.3 is 9.80 Å². The lowest BCUT2D eigenvalue weighted by Gasteiger charge is -2.46. The summed E-state index contributed by atoms with van der Waals surface area (Å²) in [5.74, 6) is -0.813. The Hall–Kier alpha value is -3.95. The van der Waals surface area contributed by atoms with Gasteiger partial charge in [0, 0.05) is 56.4 Å². The second-order valence-corrected chi connectivity index (χ2v) is 9.34. The third-order valence-electron chi connectivity index (χ3n) is 6.73. The van der Waals surface area contributed by atoms with E-state index in [1.54, 1.807) is 23.3 Å². The van der Waals surface area contributed by atoms with Crippen molar-refractivity contribution >= 4 is 22.8 Å². The number of nitrogens with zero attached hydrogens (tertiary/aromatic N) is 7. The van der Waals surface area contributed by atoms with Crippen LogP contribution in [-0.4, -0.2) is 61.7 Å². The molecule has 0 aliphatic carbocycles. The number of halogens is 2. The molecule has 1 aromatic carbocycles. The molecular formula is C25H23F2N7O. The number of rotatable bonds is 3. The summed E-state index contributed by atoms with van der Waals surface area (Å²) in [5, 5.41) is 4.28. The van der Waals surface area contributed by atoms with Crippen LogP contribution < -0.4 is 4.90 Å². The number of amides is 1. The molecule has 0 spiro atoms. The summed E-state index contributed by atoms with van der Waals surface area (Å²) in [6.07, 6.45) is 6.11. The molecule has 0 N–H and O–H groups in total. The van der Waals surface area contributed by atoms with Crippen molar-refractivity contribution in [2.45, 2.75) is 13.3 Å². The Kier molecular flexibility index (Phi) is 5.16. The van der Waals surface area contributed by atoms with Gasteiger partial charge in [0.15, 0.2) is 17.3 Å². The lowest BCUT2D eigenvalue weighted by Crippen LogP contribution is -2.54. The average molecular weight is 476 g/mol. The van der Waals surface area contributed by atoms with Gasteiger partial charge in [0.25, 0.3) is 5.91 Å². The summed E-state index contributed by atoms with van der Waals surface area (Å²) < 4.78 is 28.9. The molecule has 1 amide bonds. The monoisotopic (exact) mass is 475 g/mol. The number of anilines is 1. The van der Waals surface area contributed by atoms with E-state index in [9.17, 15) is 13.6 Å². The van der Waals surface area contributed by atoms with Crippen molar-refractivity contribution in [3.8, 4) is 5.69 Å². The highest BCUT2D eigenvalue weighted by Gasteiger charge is 2.37. The highest BCUT2D eigenvalue weighted by atomic mass is 19.2. The number of likely N-dealkylation sites (tertiary alicyclic amines) is 1. The molecule has 2 saturated heterocycles. The summed E-state index contributed by atoms with van der Waals surface area (Å²) in [6.45, 7) is 4.51. The minimum Gasteiger partial charge on any atom is -0.355 e. The van der Waals surface area contributed by atoms with Gasteiger partial charge in [0.2, 0.25) is 0 Å². The molecule has 5 heterocycles. The quantitative estimate of drug-likeness (QED) is 0.452. The van der Waals surface area contributed by atoms with Crippen LogP contribution >= 0.6 is 0 Å². The van der Waals surface area contributed by atoms with Crippen LogP contribution in [-0.2, 0) is 0 Å². The van der Waals surface area contributed by atoms with E-state index < -0.39 is 11.6 Å². The predicted molar refractivity (Wildman–Crippen MR) is 125 cm³/mol. The van der Waals surface area contributed by atoms with Crippen molar-refractivity contribution < 1.29 is 13.6 Å². The van der Waals surface area contributed by atoms with Crippen LogP contribution in [0.1, 0.15) is 22.6 Å². The van der Waals surface area contributed by atoms with E-state index in [0.717, 1.165) is 24.2 Å². The van der Waals surface area contributed by atoms with Gasteiger partial charge in [-0.25, -0.2) is 23.4 Å². The number of hydrogen-bond acceptors (Lipinski definition) is 6. The molecule has 2 aliphatic heterocycles. The van der Waals surface area contributed by atoms with Crippen LogP contribution in [0, 0.1) is 30.4 Å². The smallest absolute Gasteiger partial charge is 0.274 e. The summed E-state index contributed by atoms with van der Waals surface area (Å²) in [7, 11) is 0. The maximum Gasteiger partial charge on any atom is 0.274 e. The summed E-state index contributed by atoms with van der Waals surface area (Å²) in [5.41, 5.74) is 2.49. The Morgan fingerprint density at radius 3 is 2.46 bits per heavy atom. The Balaban J connectivity index is 1.23. The molecule has 2 unspecified atom stereocenters. The van der Waals surface area contributed by atoms with E-state index in [-0.39, 0.29) is 17.7 Å². The molecule has 10 heteroatoms. The standard InChI is InChI=1S/C25H23F2N7O/c1-15-3-4-22(34-6-2-5-29-34)24(30-15)25(35)33-13-16-7-17(14-33)12-32(11-16)23-10-28-20-8-18(26)19(27)9-21(20)31-23/h2-6,8-10,16-17H,7,11-14H2,1H3. The molecule has 8 nitrogen and oxygen atoms in total. The van der Waals surface area contributed by atoms with E-state index in [1.807, 2.05) is 30.0 Å². The van der Waals surface area contributed by atoms with Crippen LogP contribution in [0.2, 0.25) is 0 Å². The Labute approximate surface area is 200 Å². The molecule has 0 radical (unpaired) electrons. The van der Waals surface area contributed by atoms with Gasteiger partial charge in [0.05, 0.1) is 22.9 Å². The van der Waals surface area contributed by atoms with Crippen molar-refractivity contribution in [2.24, 2.45) is 11.8 Å². The van der Waals surface area contributed by atoms with Gasteiger partial charge in [-0.1, -0.05) is 0 Å². The van der Waals surface area contributed by atoms with Gasteiger partial charge >= 0.3 is 0 Å². The molecule has 2 fully saturated rings. The third-order valence-corrected chi connectivity index (χ3v) is 6.73. The molecular weight excluding hydrogens is 452 g/mol. The lowest BCUT2D eigenvalue weighted by molar-refractivity contribution is 0.0558. The van der Waals surface area contributed by atoms with Gasteiger partial charge in [-0.2, -0.15) is 5.10 Å². The van der Waals surface area contributed by atoms with Crippen molar-refractivity contribution in [2.75, 3.05) is 31.1 Å².